The van der Waals surface area contributed by atoms with Gasteiger partial charge < -0.3 is 9.47 Å². The fourth-order valence-electron chi connectivity index (χ4n) is 1.44. The van der Waals surface area contributed by atoms with Gasteiger partial charge in [-0.1, -0.05) is 18.2 Å². The number of hydrogen-bond acceptors (Lipinski definition) is 4. The molecule has 0 unspecified atom stereocenters. The van der Waals surface area contributed by atoms with Gasteiger partial charge in [0.2, 0.25) is 0 Å². The average molecular weight is 254 g/mol. The highest BCUT2D eigenvalue weighted by atomic mass is 32.2. The Kier molecular flexibility index (Phi) is 6.74. The predicted molar refractivity (Wildman–Crippen MR) is 70.4 cm³/mol. The zero-order chi connectivity index (χ0) is 12.5. The monoisotopic (exact) mass is 254 g/mol. The highest BCUT2D eigenvalue weighted by Gasteiger charge is 2.10. The molecule has 94 valence electrons. The molecular formula is C13H18O3S. The summed E-state index contributed by atoms with van der Waals surface area (Å²) in [4.78, 5) is 11.5. The van der Waals surface area contributed by atoms with Crippen molar-refractivity contribution in [3.05, 3.63) is 35.4 Å². The molecule has 0 radical (unpaired) electrons. The highest BCUT2D eigenvalue weighted by Crippen LogP contribution is 2.18. The summed E-state index contributed by atoms with van der Waals surface area (Å²) in [5.41, 5.74) is 1.69. The third-order valence-corrected chi connectivity index (χ3v) is 3.41. The Labute approximate surface area is 106 Å². The maximum Gasteiger partial charge on any atom is 0.338 e. The predicted octanol–water partition coefficient (Wildman–Crippen LogP) is 2.74. The fourth-order valence-corrected chi connectivity index (χ4v) is 2.38. The zero-order valence-corrected chi connectivity index (χ0v) is 11.1. The first-order chi connectivity index (χ1) is 8.29. The molecule has 0 fully saturated rings. The second-order valence-corrected chi connectivity index (χ2v) is 4.65. The van der Waals surface area contributed by atoms with Crippen molar-refractivity contribution in [2.24, 2.45) is 0 Å². The molecule has 0 heterocycles. The summed E-state index contributed by atoms with van der Waals surface area (Å²) in [6.07, 6.45) is 1.03. The molecule has 3 nitrogen and oxygen atoms in total. The summed E-state index contributed by atoms with van der Waals surface area (Å²) < 4.78 is 9.74. The van der Waals surface area contributed by atoms with Crippen LogP contribution in [-0.4, -0.2) is 32.5 Å². The van der Waals surface area contributed by atoms with Crippen LogP contribution in [0.25, 0.3) is 0 Å². The molecule has 0 aliphatic carbocycles. The van der Waals surface area contributed by atoms with E-state index in [2.05, 4.69) is 0 Å². The van der Waals surface area contributed by atoms with Crippen molar-refractivity contribution in [3.8, 4) is 0 Å². The molecule has 0 aromatic heterocycles. The number of esters is 1. The normalized spacial score (nSPS) is 10.2. The summed E-state index contributed by atoms with van der Waals surface area (Å²) in [7, 11) is 3.11. The number of rotatable bonds is 7. The highest BCUT2D eigenvalue weighted by molar-refractivity contribution is 7.98. The van der Waals surface area contributed by atoms with Crippen molar-refractivity contribution in [2.75, 3.05) is 26.6 Å². The molecule has 1 aromatic carbocycles. The van der Waals surface area contributed by atoms with E-state index >= 15 is 0 Å². The van der Waals surface area contributed by atoms with Crippen LogP contribution in [0.5, 0.6) is 0 Å². The summed E-state index contributed by atoms with van der Waals surface area (Å²) in [6, 6.07) is 7.56. The Morgan fingerprint density at radius 2 is 2.06 bits per heavy atom. The first-order valence-corrected chi connectivity index (χ1v) is 6.68. The Bertz CT molecular complexity index is 352. The molecule has 0 aliphatic rings. The average Bonchev–Trinajstić information content (AvgIpc) is 2.38. The van der Waals surface area contributed by atoms with E-state index in [0.717, 1.165) is 30.1 Å². The molecule has 0 aliphatic heterocycles. The largest absolute Gasteiger partial charge is 0.465 e. The minimum atomic E-state index is -0.266. The Morgan fingerprint density at radius 3 is 2.76 bits per heavy atom. The van der Waals surface area contributed by atoms with Gasteiger partial charge in [-0.15, -0.1) is 0 Å². The standard InChI is InChI=1S/C13H18O3S/c1-15-8-5-9-17-10-11-6-3-4-7-12(11)13(14)16-2/h3-4,6-7H,5,8-10H2,1-2H3. The first-order valence-electron chi connectivity index (χ1n) is 5.52. The quantitative estimate of drug-likeness (QED) is 0.553. The van der Waals surface area contributed by atoms with Crippen molar-refractivity contribution in [3.63, 3.8) is 0 Å². The van der Waals surface area contributed by atoms with Gasteiger partial charge in [0.15, 0.2) is 0 Å². The molecule has 0 N–H and O–H groups in total. The van der Waals surface area contributed by atoms with E-state index in [0.29, 0.717) is 5.56 Å². The van der Waals surface area contributed by atoms with E-state index in [4.69, 9.17) is 9.47 Å². The third kappa shape index (κ3) is 4.79. The SMILES string of the molecule is COCCCSCc1ccccc1C(=O)OC. The van der Waals surface area contributed by atoms with Crippen molar-refractivity contribution in [2.45, 2.75) is 12.2 Å². The molecule has 1 rings (SSSR count). The minimum absolute atomic E-state index is 0.266. The fraction of sp³-hybridized carbons (Fsp3) is 0.462. The number of carbonyl (C=O) groups excluding carboxylic acids is 1. The van der Waals surface area contributed by atoms with E-state index in [9.17, 15) is 4.79 Å². The molecule has 0 saturated heterocycles. The molecule has 17 heavy (non-hydrogen) atoms. The van der Waals surface area contributed by atoms with Crippen LogP contribution in [0.3, 0.4) is 0 Å². The summed E-state index contributed by atoms with van der Waals surface area (Å²) >= 11 is 1.80. The Hall–Kier alpha value is -1.00. The summed E-state index contributed by atoms with van der Waals surface area (Å²) in [6.45, 7) is 0.783. The lowest BCUT2D eigenvalue weighted by Gasteiger charge is -2.07. The molecule has 0 bridgehead atoms. The summed E-state index contributed by atoms with van der Waals surface area (Å²) in [5.74, 6) is 1.59. The number of benzene rings is 1. The number of methoxy groups -OCH3 is 2. The van der Waals surface area contributed by atoms with E-state index in [1.165, 1.54) is 7.11 Å². The Morgan fingerprint density at radius 1 is 1.29 bits per heavy atom. The Balaban J connectivity index is 2.49. The van der Waals surface area contributed by atoms with Gasteiger partial charge in [-0.2, -0.15) is 11.8 Å². The molecule has 1 aromatic rings. The maximum absolute atomic E-state index is 11.5. The van der Waals surface area contributed by atoms with Gasteiger partial charge in [0.05, 0.1) is 12.7 Å². The number of carbonyl (C=O) groups is 1. The number of hydrogen-bond donors (Lipinski definition) is 0. The van der Waals surface area contributed by atoms with Crippen LogP contribution in [-0.2, 0) is 15.2 Å². The van der Waals surface area contributed by atoms with Crippen LogP contribution in [0.4, 0.5) is 0 Å². The smallest absolute Gasteiger partial charge is 0.338 e. The van der Waals surface area contributed by atoms with Gasteiger partial charge in [0, 0.05) is 19.5 Å². The van der Waals surface area contributed by atoms with Gasteiger partial charge in [-0.3, -0.25) is 0 Å². The second kappa shape index (κ2) is 8.14. The van der Waals surface area contributed by atoms with E-state index < -0.39 is 0 Å². The molecular weight excluding hydrogens is 236 g/mol. The third-order valence-electron chi connectivity index (χ3n) is 2.32. The molecule has 0 amide bonds. The van der Waals surface area contributed by atoms with Gasteiger partial charge in [0.1, 0.15) is 0 Å². The summed E-state index contributed by atoms with van der Waals surface area (Å²) in [5, 5.41) is 0. The molecule has 0 saturated carbocycles. The van der Waals surface area contributed by atoms with Crippen molar-refractivity contribution in [1.82, 2.24) is 0 Å². The van der Waals surface area contributed by atoms with Crippen LogP contribution in [0.2, 0.25) is 0 Å². The van der Waals surface area contributed by atoms with Gasteiger partial charge in [-0.25, -0.2) is 4.79 Å². The zero-order valence-electron chi connectivity index (χ0n) is 10.3. The molecule has 4 heteroatoms. The van der Waals surface area contributed by atoms with Crippen molar-refractivity contribution >= 4 is 17.7 Å². The van der Waals surface area contributed by atoms with Gasteiger partial charge in [-0.05, 0) is 23.8 Å². The van der Waals surface area contributed by atoms with E-state index in [-0.39, 0.29) is 5.97 Å². The van der Waals surface area contributed by atoms with Crippen LogP contribution >= 0.6 is 11.8 Å². The minimum Gasteiger partial charge on any atom is -0.465 e. The molecule has 0 spiro atoms. The van der Waals surface area contributed by atoms with Crippen LogP contribution in [0.1, 0.15) is 22.3 Å². The van der Waals surface area contributed by atoms with Crippen molar-refractivity contribution in [1.29, 1.82) is 0 Å². The van der Waals surface area contributed by atoms with E-state index in [1.807, 2.05) is 18.2 Å². The maximum atomic E-state index is 11.5. The topological polar surface area (TPSA) is 35.5 Å². The lowest BCUT2D eigenvalue weighted by atomic mass is 10.1. The van der Waals surface area contributed by atoms with Crippen LogP contribution in [0, 0.1) is 0 Å². The van der Waals surface area contributed by atoms with Gasteiger partial charge in [0.25, 0.3) is 0 Å². The number of thioether (sulfide) groups is 1. The van der Waals surface area contributed by atoms with Crippen molar-refractivity contribution < 1.29 is 14.3 Å². The molecule has 0 atom stereocenters. The second-order valence-electron chi connectivity index (χ2n) is 3.55. The van der Waals surface area contributed by atoms with Crippen LogP contribution < -0.4 is 0 Å². The lowest BCUT2D eigenvalue weighted by molar-refractivity contribution is 0.0600. The first kappa shape index (κ1) is 14.1. The van der Waals surface area contributed by atoms with Crippen LogP contribution in [0.15, 0.2) is 24.3 Å². The van der Waals surface area contributed by atoms with Gasteiger partial charge >= 0.3 is 5.97 Å². The number of ether oxygens (including phenoxy) is 2. The lowest BCUT2D eigenvalue weighted by Crippen LogP contribution is -2.05. The van der Waals surface area contributed by atoms with E-state index in [1.54, 1.807) is 24.9 Å².